The number of aromatic nitrogens is 4. The summed E-state index contributed by atoms with van der Waals surface area (Å²) in [5.74, 6) is 6.65. The highest BCUT2D eigenvalue weighted by atomic mass is 15.3. The zero-order valence-electron chi connectivity index (χ0n) is 10.2. The zero-order valence-corrected chi connectivity index (χ0v) is 10.2. The van der Waals surface area contributed by atoms with Crippen LogP contribution in [0.2, 0.25) is 0 Å². The normalized spacial score (nSPS) is 10.6. The molecule has 0 radical (unpaired) electrons. The van der Waals surface area contributed by atoms with E-state index in [0.29, 0.717) is 11.6 Å². The Morgan fingerprint density at radius 3 is 2.82 bits per heavy atom. The van der Waals surface area contributed by atoms with Crippen molar-refractivity contribution in [1.82, 2.24) is 19.7 Å². The van der Waals surface area contributed by atoms with E-state index in [0.717, 1.165) is 23.4 Å². The smallest absolute Gasteiger partial charge is 0.165 e. The van der Waals surface area contributed by atoms with Crippen molar-refractivity contribution in [3.63, 3.8) is 0 Å². The molecule has 3 N–H and O–H groups in total. The number of nitrogens with one attached hydrogen (secondary N) is 1. The number of hydrazine groups is 1. The monoisotopic (exact) mass is 232 g/mol. The highest BCUT2D eigenvalue weighted by molar-refractivity contribution is 5.59. The van der Waals surface area contributed by atoms with Gasteiger partial charge in [0.05, 0.1) is 11.3 Å². The Morgan fingerprint density at radius 2 is 2.18 bits per heavy atom. The molecule has 6 heteroatoms. The fourth-order valence-corrected chi connectivity index (χ4v) is 1.75. The Hall–Kier alpha value is -1.95. The number of aryl methyl sites for hydroxylation is 3. The van der Waals surface area contributed by atoms with Crippen LogP contribution in [0.4, 0.5) is 5.82 Å². The SMILES string of the molecule is CCc1nn(C)cc1-c1nc(C)cc(NN)n1. The van der Waals surface area contributed by atoms with Crippen molar-refractivity contribution < 1.29 is 0 Å². The third kappa shape index (κ3) is 2.26. The lowest BCUT2D eigenvalue weighted by atomic mass is 10.2. The number of nitrogen functional groups attached to an aromatic ring is 1. The molecule has 0 aliphatic carbocycles. The molecule has 2 aromatic heterocycles. The summed E-state index contributed by atoms with van der Waals surface area (Å²) < 4.78 is 1.77. The molecule has 17 heavy (non-hydrogen) atoms. The van der Waals surface area contributed by atoms with Crippen LogP contribution in [0.25, 0.3) is 11.4 Å². The maximum atomic E-state index is 5.38. The number of nitrogens with two attached hydrogens (primary N) is 1. The summed E-state index contributed by atoms with van der Waals surface area (Å²) in [5, 5.41) is 4.38. The van der Waals surface area contributed by atoms with E-state index in [1.807, 2.05) is 20.2 Å². The molecular weight excluding hydrogens is 216 g/mol. The van der Waals surface area contributed by atoms with Crippen LogP contribution in [0, 0.1) is 6.92 Å². The van der Waals surface area contributed by atoms with E-state index in [1.54, 1.807) is 10.7 Å². The average molecular weight is 232 g/mol. The van der Waals surface area contributed by atoms with Crippen LogP contribution in [0.5, 0.6) is 0 Å². The molecule has 0 aliphatic rings. The Labute approximate surface area is 99.9 Å². The lowest BCUT2D eigenvalue weighted by Gasteiger charge is -2.04. The van der Waals surface area contributed by atoms with Gasteiger partial charge in [0.2, 0.25) is 0 Å². The number of anilines is 1. The second-order valence-corrected chi connectivity index (χ2v) is 3.88. The van der Waals surface area contributed by atoms with Crippen molar-refractivity contribution in [1.29, 1.82) is 0 Å². The Kier molecular flexibility index (Phi) is 3.06. The van der Waals surface area contributed by atoms with Crippen LogP contribution < -0.4 is 11.3 Å². The van der Waals surface area contributed by atoms with E-state index in [4.69, 9.17) is 5.84 Å². The summed E-state index contributed by atoms with van der Waals surface area (Å²) in [6.07, 6.45) is 2.77. The summed E-state index contributed by atoms with van der Waals surface area (Å²) in [4.78, 5) is 8.76. The van der Waals surface area contributed by atoms with Crippen molar-refractivity contribution in [2.75, 3.05) is 5.43 Å². The largest absolute Gasteiger partial charge is 0.308 e. The first-order valence-electron chi connectivity index (χ1n) is 5.49. The zero-order chi connectivity index (χ0) is 12.4. The number of hydrogen-bond acceptors (Lipinski definition) is 5. The van der Waals surface area contributed by atoms with Gasteiger partial charge in [-0.2, -0.15) is 5.10 Å². The van der Waals surface area contributed by atoms with E-state index < -0.39 is 0 Å². The first kappa shape index (κ1) is 11.5. The second kappa shape index (κ2) is 4.50. The molecule has 0 saturated carbocycles. The maximum Gasteiger partial charge on any atom is 0.165 e. The van der Waals surface area contributed by atoms with Gasteiger partial charge in [0.15, 0.2) is 5.82 Å². The van der Waals surface area contributed by atoms with Gasteiger partial charge in [-0.15, -0.1) is 0 Å². The molecule has 0 saturated heterocycles. The van der Waals surface area contributed by atoms with Gasteiger partial charge in [0.1, 0.15) is 5.82 Å². The summed E-state index contributed by atoms with van der Waals surface area (Å²) in [6.45, 7) is 3.97. The Morgan fingerprint density at radius 1 is 1.41 bits per heavy atom. The van der Waals surface area contributed by atoms with Crippen molar-refractivity contribution >= 4 is 5.82 Å². The maximum absolute atomic E-state index is 5.38. The van der Waals surface area contributed by atoms with E-state index in [2.05, 4.69) is 27.4 Å². The summed E-state index contributed by atoms with van der Waals surface area (Å²) in [6, 6.07) is 1.80. The van der Waals surface area contributed by atoms with E-state index >= 15 is 0 Å². The quantitative estimate of drug-likeness (QED) is 0.610. The predicted octanol–water partition coefficient (Wildman–Crippen LogP) is 1.03. The fourth-order valence-electron chi connectivity index (χ4n) is 1.75. The van der Waals surface area contributed by atoms with Gasteiger partial charge in [-0.3, -0.25) is 4.68 Å². The average Bonchev–Trinajstić information content (AvgIpc) is 2.69. The molecule has 0 amide bonds. The van der Waals surface area contributed by atoms with Gasteiger partial charge in [0, 0.05) is 25.0 Å². The molecule has 2 aromatic rings. The second-order valence-electron chi connectivity index (χ2n) is 3.88. The van der Waals surface area contributed by atoms with Gasteiger partial charge in [-0.05, 0) is 13.3 Å². The lowest BCUT2D eigenvalue weighted by Crippen LogP contribution is -2.10. The number of rotatable bonds is 3. The summed E-state index contributed by atoms with van der Waals surface area (Å²) in [5.41, 5.74) is 5.35. The Bertz CT molecular complexity index is 531. The van der Waals surface area contributed by atoms with E-state index in [-0.39, 0.29) is 0 Å². The van der Waals surface area contributed by atoms with Crippen molar-refractivity contribution in [2.24, 2.45) is 12.9 Å². The minimum Gasteiger partial charge on any atom is -0.308 e. The van der Waals surface area contributed by atoms with Crippen LogP contribution in [0.1, 0.15) is 18.3 Å². The van der Waals surface area contributed by atoms with Crippen LogP contribution >= 0.6 is 0 Å². The fraction of sp³-hybridized carbons (Fsp3) is 0.364. The molecule has 0 aliphatic heterocycles. The standard InChI is InChI=1S/C11H16N6/c1-4-9-8(6-17(3)16-9)11-13-7(2)5-10(14-11)15-12/h5-6H,4,12H2,1-3H3,(H,13,14,15). The van der Waals surface area contributed by atoms with Gasteiger partial charge < -0.3 is 5.43 Å². The van der Waals surface area contributed by atoms with Crippen LogP contribution in [-0.2, 0) is 13.5 Å². The van der Waals surface area contributed by atoms with Gasteiger partial charge >= 0.3 is 0 Å². The minimum atomic E-state index is 0.610. The molecule has 0 bridgehead atoms. The molecule has 0 aromatic carbocycles. The predicted molar refractivity (Wildman–Crippen MR) is 66.2 cm³/mol. The molecule has 2 heterocycles. The van der Waals surface area contributed by atoms with E-state index in [1.165, 1.54) is 0 Å². The highest BCUT2D eigenvalue weighted by Gasteiger charge is 2.12. The molecule has 0 unspecified atom stereocenters. The highest BCUT2D eigenvalue weighted by Crippen LogP contribution is 2.21. The number of nitrogens with zero attached hydrogens (tertiary/aromatic N) is 4. The molecule has 0 atom stereocenters. The summed E-state index contributed by atoms with van der Waals surface area (Å²) >= 11 is 0. The number of hydrogen-bond donors (Lipinski definition) is 2. The molecule has 6 nitrogen and oxygen atoms in total. The topological polar surface area (TPSA) is 81.7 Å². The molecule has 0 fully saturated rings. The van der Waals surface area contributed by atoms with Crippen LogP contribution in [-0.4, -0.2) is 19.7 Å². The van der Waals surface area contributed by atoms with Crippen molar-refractivity contribution in [2.45, 2.75) is 20.3 Å². The lowest BCUT2D eigenvalue weighted by molar-refractivity contribution is 0.746. The molecule has 90 valence electrons. The summed E-state index contributed by atoms with van der Waals surface area (Å²) in [7, 11) is 1.89. The van der Waals surface area contributed by atoms with Crippen LogP contribution in [0.15, 0.2) is 12.3 Å². The van der Waals surface area contributed by atoms with Crippen LogP contribution in [0.3, 0.4) is 0 Å². The van der Waals surface area contributed by atoms with Gasteiger partial charge in [-0.25, -0.2) is 15.8 Å². The molecular formula is C11H16N6. The third-order valence-electron chi connectivity index (χ3n) is 2.48. The van der Waals surface area contributed by atoms with Gasteiger partial charge in [-0.1, -0.05) is 6.92 Å². The Balaban J connectivity index is 2.55. The first-order chi connectivity index (χ1) is 8.13. The van der Waals surface area contributed by atoms with E-state index in [9.17, 15) is 0 Å². The first-order valence-corrected chi connectivity index (χ1v) is 5.49. The molecule has 2 rings (SSSR count). The third-order valence-corrected chi connectivity index (χ3v) is 2.48. The van der Waals surface area contributed by atoms with Crippen molar-refractivity contribution in [3.8, 4) is 11.4 Å². The minimum absolute atomic E-state index is 0.610. The van der Waals surface area contributed by atoms with Gasteiger partial charge in [0.25, 0.3) is 0 Å². The molecule has 0 spiro atoms. The van der Waals surface area contributed by atoms with Crippen molar-refractivity contribution in [3.05, 3.63) is 23.7 Å².